The fourth-order valence-corrected chi connectivity index (χ4v) is 2.97. The van der Waals surface area contributed by atoms with Crippen molar-refractivity contribution in [3.8, 4) is 6.07 Å². The van der Waals surface area contributed by atoms with E-state index < -0.39 is 0 Å². The van der Waals surface area contributed by atoms with Crippen LogP contribution in [-0.4, -0.2) is 16.7 Å². The summed E-state index contributed by atoms with van der Waals surface area (Å²) >= 11 is 0. The highest BCUT2D eigenvalue weighted by Crippen LogP contribution is 2.35. The monoisotopic (exact) mass is 278 g/mol. The van der Waals surface area contributed by atoms with Gasteiger partial charge in [-0.05, 0) is 36.5 Å². The summed E-state index contributed by atoms with van der Waals surface area (Å²) in [5, 5.41) is 17.1. The fraction of sp³-hybridized carbons (Fsp3) is 0.353. The average Bonchev–Trinajstić information content (AvgIpc) is 2.56. The number of benzene rings is 1. The minimum atomic E-state index is 0.338. The van der Waals surface area contributed by atoms with Crippen LogP contribution in [0, 0.1) is 17.2 Å². The second-order valence-electron chi connectivity index (χ2n) is 5.65. The topological polar surface area (TPSA) is 52.8 Å². The van der Waals surface area contributed by atoms with Gasteiger partial charge in [-0.1, -0.05) is 37.3 Å². The standard InChI is InChI=1S/C17H18N4/c1-13-7-9-16(14-5-3-2-4-6-14)21(12-13)17-10-8-15(11-18)19-20-17/h2-6,8,10,13,16H,7,9,12H2,1H3/t13-,16-/m0/s1. The van der Waals surface area contributed by atoms with Crippen molar-refractivity contribution in [3.05, 3.63) is 53.7 Å². The number of anilines is 1. The SMILES string of the molecule is C[C@H]1CC[C@@H](c2ccccc2)N(c2ccc(C#N)nn2)C1. The van der Waals surface area contributed by atoms with E-state index in [1.807, 2.05) is 18.2 Å². The molecule has 0 unspecified atom stereocenters. The van der Waals surface area contributed by atoms with Gasteiger partial charge in [0.05, 0.1) is 6.04 Å². The number of rotatable bonds is 2. The Morgan fingerprint density at radius 2 is 1.90 bits per heavy atom. The third-order valence-electron chi connectivity index (χ3n) is 4.06. The van der Waals surface area contributed by atoms with E-state index in [0.717, 1.165) is 18.8 Å². The van der Waals surface area contributed by atoms with Crippen molar-refractivity contribution in [1.29, 1.82) is 5.26 Å². The van der Waals surface area contributed by atoms with E-state index in [1.54, 1.807) is 6.07 Å². The Hall–Kier alpha value is -2.41. The van der Waals surface area contributed by atoms with Crippen LogP contribution in [0.15, 0.2) is 42.5 Å². The number of hydrogen-bond acceptors (Lipinski definition) is 4. The normalized spacial score (nSPS) is 21.8. The minimum Gasteiger partial charge on any atom is -0.348 e. The van der Waals surface area contributed by atoms with Gasteiger partial charge in [0.25, 0.3) is 0 Å². The molecule has 4 nitrogen and oxygen atoms in total. The van der Waals surface area contributed by atoms with Crippen molar-refractivity contribution in [2.45, 2.75) is 25.8 Å². The first kappa shape index (κ1) is 13.6. The van der Waals surface area contributed by atoms with Gasteiger partial charge in [-0.2, -0.15) is 5.26 Å². The molecule has 1 fully saturated rings. The summed E-state index contributed by atoms with van der Waals surface area (Å²) in [6.45, 7) is 3.24. The van der Waals surface area contributed by atoms with Crippen LogP contribution in [0.5, 0.6) is 0 Å². The molecule has 3 rings (SSSR count). The molecule has 1 saturated heterocycles. The zero-order valence-corrected chi connectivity index (χ0v) is 12.1. The molecule has 2 aromatic rings. The van der Waals surface area contributed by atoms with E-state index in [4.69, 9.17) is 5.26 Å². The molecular formula is C17H18N4. The van der Waals surface area contributed by atoms with Crippen LogP contribution in [0.1, 0.15) is 37.1 Å². The third kappa shape index (κ3) is 2.87. The lowest BCUT2D eigenvalue weighted by Crippen LogP contribution is -2.38. The number of nitrogens with zero attached hydrogens (tertiary/aromatic N) is 4. The maximum absolute atomic E-state index is 8.84. The molecule has 4 heteroatoms. The Morgan fingerprint density at radius 3 is 2.57 bits per heavy atom. The van der Waals surface area contributed by atoms with Gasteiger partial charge in [0, 0.05) is 6.54 Å². The molecule has 2 heterocycles. The summed E-state index contributed by atoms with van der Waals surface area (Å²) in [6, 6.07) is 16.5. The van der Waals surface area contributed by atoms with Crippen molar-refractivity contribution in [2.75, 3.05) is 11.4 Å². The van der Waals surface area contributed by atoms with Gasteiger partial charge in [0.1, 0.15) is 6.07 Å². The summed E-state index contributed by atoms with van der Waals surface area (Å²) in [6.07, 6.45) is 2.34. The molecule has 0 bridgehead atoms. The van der Waals surface area contributed by atoms with Crippen molar-refractivity contribution in [2.24, 2.45) is 5.92 Å². The van der Waals surface area contributed by atoms with Crippen molar-refractivity contribution >= 4 is 5.82 Å². The van der Waals surface area contributed by atoms with E-state index in [2.05, 4.69) is 46.3 Å². The molecule has 1 aromatic heterocycles. The highest BCUT2D eigenvalue weighted by Gasteiger charge is 2.28. The van der Waals surface area contributed by atoms with Gasteiger partial charge in [-0.3, -0.25) is 0 Å². The zero-order chi connectivity index (χ0) is 14.7. The second-order valence-corrected chi connectivity index (χ2v) is 5.65. The predicted molar refractivity (Wildman–Crippen MR) is 81.7 cm³/mol. The Morgan fingerprint density at radius 1 is 1.10 bits per heavy atom. The van der Waals surface area contributed by atoms with Crippen LogP contribution in [-0.2, 0) is 0 Å². The van der Waals surface area contributed by atoms with Crippen LogP contribution in [0.4, 0.5) is 5.82 Å². The van der Waals surface area contributed by atoms with Gasteiger partial charge < -0.3 is 4.90 Å². The molecule has 21 heavy (non-hydrogen) atoms. The molecule has 106 valence electrons. The molecule has 1 aliphatic rings. The highest BCUT2D eigenvalue weighted by molar-refractivity contribution is 5.43. The maximum atomic E-state index is 8.84. The zero-order valence-electron chi connectivity index (χ0n) is 12.1. The molecular weight excluding hydrogens is 260 g/mol. The van der Waals surface area contributed by atoms with E-state index in [9.17, 15) is 0 Å². The smallest absolute Gasteiger partial charge is 0.163 e. The third-order valence-corrected chi connectivity index (χ3v) is 4.06. The number of aromatic nitrogens is 2. The van der Waals surface area contributed by atoms with Gasteiger partial charge in [0.2, 0.25) is 0 Å². The summed E-state index contributed by atoms with van der Waals surface area (Å²) in [7, 11) is 0. The van der Waals surface area contributed by atoms with Gasteiger partial charge in [-0.15, -0.1) is 10.2 Å². The molecule has 1 aliphatic heterocycles. The molecule has 2 atom stereocenters. The first-order valence-electron chi connectivity index (χ1n) is 7.33. The number of nitriles is 1. The first-order valence-corrected chi connectivity index (χ1v) is 7.33. The summed E-state index contributed by atoms with van der Waals surface area (Å²) in [5.74, 6) is 1.50. The molecule has 0 saturated carbocycles. The lowest BCUT2D eigenvalue weighted by Gasteiger charge is -2.39. The molecule has 0 amide bonds. The molecule has 1 aromatic carbocycles. The van der Waals surface area contributed by atoms with E-state index in [1.165, 1.54) is 12.0 Å². The Labute approximate surface area is 125 Å². The second kappa shape index (κ2) is 5.92. The van der Waals surface area contributed by atoms with E-state index in [-0.39, 0.29) is 0 Å². The Balaban J connectivity index is 1.93. The van der Waals surface area contributed by atoms with E-state index in [0.29, 0.717) is 17.7 Å². The molecule has 0 aliphatic carbocycles. The molecule has 0 N–H and O–H groups in total. The van der Waals surface area contributed by atoms with Gasteiger partial charge >= 0.3 is 0 Å². The van der Waals surface area contributed by atoms with Gasteiger partial charge in [-0.25, -0.2) is 0 Å². The lowest BCUT2D eigenvalue weighted by atomic mass is 9.90. The Kier molecular flexibility index (Phi) is 3.83. The summed E-state index contributed by atoms with van der Waals surface area (Å²) < 4.78 is 0. The quantitative estimate of drug-likeness (QED) is 0.845. The number of hydrogen-bond donors (Lipinski definition) is 0. The summed E-state index contributed by atoms with van der Waals surface area (Å²) in [4.78, 5) is 2.32. The van der Waals surface area contributed by atoms with Crippen LogP contribution in [0.3, 0.4) is 0 Å². The number of piperidine rings is 1. The van der Waals surface area contributed by atoms with Crippen molar-refractivity contribution in [3.63, 3.8) is 0 Å². The lowest BCUT2D eigenvalue weighted by molar-refractivity contribution is 0.378. The molecule has 0 radical (unpaired) electrons. The maximum Gasteiger partial charge on any atom is 0.163 e. The minimum absolute atomic E-state index is 0.338. The van der Waals surface area contributed by atoms with Crippen LogP contribution >= 0.6 is 0 Å². The van der Waals surface area contributed by atoms with Crippen molar-refractivity contribution < 1.29 is 0 Å². The van der Waals surface area contributed by atoms with Crippen LogP contribution < -0.4 is 4.90 Å². The highest BCUT2D eigenvalue weighted by atomic mass is 15.3. The Bertz CT molecular complexity index is 630. The molecule has 0 spiro atoms. The largest absolute Gasteiger partial charge is 0.348 e. The van der Waals surface area contributed by atoms with Crippen LogP contribution in [0.25, 0.3) is 0 Å². The first-order chi connectivity index (χ1) is 10.3. The van der Waals surface area contributed by atoms with Gasteiger partial charge in [0.15, 0.2) is 11.5 Å². The summed E-state index contributed by atoms with van der Waals surface area (Å²) in [5.41, 5.74) is 1.68. The fourth-order valence-electron chi connectivity index (χ4n) is 2.97. The average molecular weight is 278 g/mol. The van der Waals surface area contributed by atoms with E-state index >= 15 is 0 Å². The predicted octanol–water partition coefficient (Wildman–Crippen LogP) is 3.33. The van der Waals surface area contributed by atoms with Crippen LogP contribution in [0.2, 0.25) is 0 Å². The van der Waals surface area contributed by atoms with Crippen molar-refractivity contribution in [1.82, 2.24) is 10.2 Å².